The Morgan fingerprint density at radius 1 is 1.25 bits per heavy atom. The van der Waals surface area contributed by atoms with E-state index in [1.54, 1.807) is 12.4 Å². The van der Waals surface area contributed by atoms with E-state index in [-0.39, 0.29) is 0 Å². The van der Waals surface area contributed by atoms with Gasteiger partial charge in [-0.05, 0) is 19.1 Å². The van der Waals surface area contributed by atoms with Gasteiger partial charge in [-0.1, -0.05) is 0 Å². The summed E-state index contributed by atoms with van der Waals surface area (Å²) < 4.78 is 0. The van der Waals surface area contributed by atoms with E-state index >= 15 is 0 Å². The first-order valence-corrected chi connectivity index (χ1v) is 4.98. The molecule has 0 unspecified atom stereocenters. The first-order valence-electron chi connectivity index (χ1n) is 4.98. The van der Waals surface area contributed by atoms with E-state index in [0.717, 1.165) is 17.2 Å². The Kier molecular flexibility index (Phi) is 2.95. The molecule has 2 rings (SSSR count). The first-order chi connectivity index (χ1) is 7.78. The number of rotatable bonds is 3. The van der Waals surface area contributed by atoms with Gasteiger partial charge >= 0.3 is 0 Å². The van der Waals surface area contributed by atoms with Crippen LogP contribution in [-0.4, -0.2) is 22.0 Å². The van der Waals surface area contributed by atoms with Crippen molar-refractivity contribution in [3.05, 3.63) is 36.3 Å². The van der Waals surface area contributed by atoms with Crippen molar-refractivity contribution in [1.29, 1.82) is 0 Å². The standard InChI is InChI=1S/C11H13N5/c1-8-6-10(12-2)16-11(14-8)15-9-4-3-5-13-7-9/h3-7H,1-2H3,(H2,12,14,15,16). The predicted octanol–water partition coefficient (Wildman–Crippen LogP) is 1.97. The molecule has 5 nitrogen and oxygen atoms in total. The Balaban J connectivity index is 2.24. The summed E-state index contributed by atoms with van der Waals surface area (Å²) in [6.07, 6.45) is 3.45. The van der Waals surface area contributed by atoms with Gasteiger partial charge in [0.25, 0.3) is 0 Å². The zero-order valence-corrected chi connectivity index (χ0v) is 9.23. The van der Waals surface area contributed by atoms with Crippen LogP contribution in [0.4, 0.5) is 17.5 Å². The number of anilines is 3. The van der Waals surface area contributed by atoms with Crippen LogP contribution < -0.4 is 10.6 Å². The minimum Gasteiger partial charge on any atom is -0.373 e. The number of nitrogens with zero attached hydrogens (tertiary/aromatic N) is 3. The van der Waals surface area contributed by atoms with Gasteiger partial charge in [0, 0.05) is 25.0 Å². The number of aryl methyl sites for hydroxylation is 1. The number of hydrogen-bond acceptors (Lipinski definition) is 5. The molecule has 0 aromatic carbocycles. The average Bonchev–Trinajstić information content (AvgIpc) is 2.29. The molecule has 0 aliphatic heterocycles. The topological polar surface area (TPSA) is 62.7 Å². The highest BCUT2D eigenvalue weighted by Crippen LogP contribution is 2.13. The fourth-order valence-electron chi connectivity index (χ4n) is 1.32. The minimum absolute atomic E-state index is 0.567. The lowest BCUT2D eigenvalue weighted by molar-refractivity contribution is 1.10. The monoisotopic (exact) mass is 215 g/mol. The zero-order chi connectivity index (χ0) is 11.4. The van der Waals surface area contributed by atoms with Gasteiger partial charge in [0.05, 0.1) is 11.9 Å². The molecule has 0 bridgehead atoms. The van der Waals surface area contributed by atoms with Gasteiger partial charge in [0.1, 0.15) is 5.82 Å². The molecule has 0 atom stereocenters. The first kappa shape index (κ1) is 10.4. The predicted molar refractivity (Wildman–Crippen MR) is 63.8 cm³/mol. The molecule has 0 radical (unpaired) electrons. The summed E-state index contributed by atoms with van der Waals surface area (Å²) in [4.78, 5) is 12.6. The molecule has 2 heterocycles. The third-order valence-corrected chi connectivity index (χ3v) is 2.03. The fraction of sp³-hybridized carbons (Fsp3) is 0.182. The Hall–Kier alpha value is -2.17. The minimum atomic E-state index is 0.567. The lowest BCUT2D eigenvalue weighted by Gasteiger charge is -2.07. The van der Waals surface area contributed by atoms with Crippen molar-refractivity contribution in [2.75, 3.05) is 17.7 Å². The van der Waals surface area contributed by atoms with Crippen molar-refractivity contribution < 1.29 is 0 Å². The Labute approximate surface area is 94.0 Å². The van der Waals surface area contributed by atoms with Gasteiger partial charge in [-0.15, -0.1) is 0 Å². The third kappa shape index (κ3) is 2.44. The van der Waals surface area contributed by atoms with E-state index in [1.807, 2.05) is 32.2 Å². The molecule has 16 heavy (non-hydrogen) atoms. The second kappa shape index (κ2) is 4.57. The smallest absolute Gasteiger partial charge is 0.229 e. The summed E-state index contributed by atoms with van der Waals surface area (Å²) in [5.41, 5.74) is 1.78. The Bertz CT molecular complexity index is 469. The summed E-state index contributed by atoms with van der Waals surface area (Å²) in [7, 11) is 1.83. The van der Waals surface area contributed by atoms with E-state index in [4.69, 9.17) is 0 Å². The molecule has 0 saturated heterocycles. The lowest BCUT2D eigenvalue weighted by atomic mass is 10.4. The quantitative estimate of drug-likeness (QED) is 0.819. The summed E-state index contributed by atoms with van der Waals surface area (Å²) in [5, 5.41) is 6.08. The number of nitrogens with one attached hydrogen (secondary N) is 2. The van der Waals surface area contributed by atoms with Crippen LogP contribution in [0.25, 0.3) is 0 Å². The largest absolute Gasteiger partial charge is 0.373 e. The van der Waals surface area contributed by atoms with Crippen LogP contribution in [-0.2, 0) is 0 Å². The molecule has 0 aliphatic rings. The average molecular weight is 215 g/mol. The normalized spacial score (nSPS) is 9.88. The van der Waals surface area contributed by atoms with E-state index in [0.29, 0.717) is 5.95 Å². The number of pyridine rings is 1. The lowest BCUT2D eigenvalue weighted by Crippen LogP contribution is -2.02. The van der Waals surface area contributed by atoms with Crippen molar-refractivity contribution in [3.63, 3.8) is 0 Å². The van der Waals surface area contributed by atoms with Crippen LogP contribution in [0.5, 0.6) is 0 Å². The molecule has 0 amide bonds. The van der Waals surface area contributed by atoms with Crippen LogP contribution in [0.3, 0.4) is 0 Å². The van der Waals surface area contributed by atoms with Crippen molar-refractivity contribution in [1.82, 2.24) is 15.0 Å². The van der Waals surface area contributed by atoms with Crippen molar-refractivity contribution in [3.8, 4) is 0 Å². The Morgan fingerprint density at radius 2 is 2.12 bits per heavy atom. The molecule has 0 spiro atoms. The van der Waals surface area contributed by atoms with Crippen molar-refractivity contribution in [2.45, 2.75) is 6.92 Å². The number of aromatic nitrogens is 3. The molecule has 2 N–H and O–H groups in total. The second-order valence-electron chi connectivity index (χ2n) is 3.33. The molecule has 2 aromatic heterocycles. The van der Waals surface area contributed by atoms with E-state index in [2.05, 4.69) is 25.6 Å². The molecule has 0 saturated carbocycles. The fourth-order valence-corrected chi connectivity index (χ4v) is 1.32. The van der Waals surface area contributed by atoms with Crippen LogP contribution >= 0.6 is 0 Å². The molecular weight excluding hydrogens is 202 g/mol. The van der Waals surface area contributed by atoms with Crippen LogP contribution in [0.2, 0.25) is 0 Å². The van der Waals surface area contributed by atoms with Gasteiger partial charge in [-0.2, -0.15) is 4.98 Å². The molecular formula is C11H13N5. The van der Waals surface area contributed by atoms with Gasteiger partial charge in [0.2, 0.25) is 5.95 Å². The van der Waals surface area contributed by atoms with Crippen LogP contribution in [0, 0.1) is 6.92 Å². The SMILES string of the molecule is CNc1cc(C)nc(Nc2cccnc2)n1. The van der Waals surface area contributed by atoms with E-state index < -0.39 is 0 Å². The summed E-state index contributed by atoms with van der Waals surface area (Å²) in [6, 6.07) is 5.66. The second-order valence-corrected chi connectivity index (χ2v) is 3.33. The molecule has 0 aliphatic carbocycles. The summed E-state index contributed by atoms with van der Waals surface area (Å²) >= 11 is 0. The highest BCUT2D eigenvalue weighted by atomic mass is 15.1. The zero-order valence-electron chi connectivity index (χ0n) is 9.23. The van der Waals surface area contributed by atoms with Gasteiger partial charge < -0.3 is 10.6 Å². The Morgan fingerprint density at radius 3 is 2.81 bits per heavy atom. The van der Waals surface area contributed by atoms with Crippen LogP contribution in [0.1, 0.15) is 5.69 Å². The van der Waals surface area contributed by atoms with Crippen LogP contribution in [0.15, 0.2) is 30.6 Å². The van der Waals surface area contributed by atoms with Gasteiger partial charge in [0.15, 0.2) is 0 Å². The molecule has 5 heteroatoms. The number of hydrogen-bond donors (Lipinski definition) is 2. The maximum Gasteiger partial charge on any atom is 0.229 e. The maximum atomic E-state index is 4.29. The van der Waals surface area contributed by atoms with E-state index in [1.165, 1.54) is 0 Å². The van der Waals surface area contributed by atoms with E-state index in [9.17, 15) is 0 Å². The summed E-state index contributed by atoms with van der Waals surface area (Å²) in [5.74, 6) is 1.36. The highest BCUT2D eigenvalue weighted by Gasteiger charge is 2.01. The highest BCUT2D eigenvalue weighted by molar-refractivity contribution is 5.53. The van der Waals surface area contributed by atoms with Crippen molar-refractivity contribution in [2.24, 2.45) is 0 Å². The third-order valence-electron chi connectivity index (χ3n) is 2.03. The molecule has 2 aromatic rings. The van der Waals surface area contributed by atoms with Crippen molar-refractivity contribution >= 4 is 17.5 Å². The summed E-state index contributed by atoms with van der Waals surface area (Å²) in [6.45, 7) is 1.93. The van der Waals surface area contributed by atoms with Gasteiger partial charge in [-0.3, -0.25) is 4.98 Å². The molecule has 82 valence electrons. The molecule has 0 fully saturated rings. The maximum absolute atomic E-state index is 4.29. The van der Waals surface area contributed by atoms with Gasteiger partial charge in [-0.25, -0.2) is 4.98 Å².